The average Bonchev–Trinajstić information content (AvgIpc) is 2.98. The summed E-state index contributed by atoms with van der Waals surface area (Å²) in [5.74, 6) is 7.15. The molecule has 27 heavy (non-hydrogen) atoms. The van der Waals surface area contributed by atoms with Gasteiger partial charge in [0.15, 0.2) is 0 Å². The Hall–Kier alpha value is 0. The molecule has 4 saturated carbocycles. The molecule has 0 aliphatic heterocycles. The van der Waals surface area contributed by atoms with Crippen molar-refractivity contribution in [2.75, 3.05) is 0 Å². The lowest BCUT2D eigenvalue weighted by molar-refractivity contribution is -0.114. The summed E-state index contributed by atoms with van der Waals surface area (Å²) in [6.45, 7) is 12.9. The van der Waals surface area contributed by atoms with Crippen LogP contribution >= 0.6 is 0 Å². The van der Waals surface area contributed by atoms with Gasteiger partial charge in [0.2, 0.25) is 0 Å². The quantitative estimate of drug-likeness (QED) is 0.453. The van der Waals surface area contributed by atoms with E-state index in [1.807, 2.05) is 0 Å². The van der Waals surface area contributed by atoms with E-state index in [0.29, 0.717) is 10.8 Å². The summed E-state index contributed by atoms with van der Waals surface area (Å²) >= 11 is 0. The zero-order valence-corrected chi connectivity index (χ0v) is 19.2. The van der Waals surface area contributed by atoms with Crippen LogP contribution in [-0.2, 0) is 0 Å². The van der Waals surface area contributed by atoms with Crippen LogP contribution in [0.4, 0.5) is 0 Å². The van der Waals surface area contributed by atoms with Crippen molar-refractivity contribution < 1.29 is 0 Å². The highest BCUT2D eigenvalue weighted by Gasteiger charge is 2.59. The van der Waals surface area contributed by atoms with Crippen LogP contribution in [0.1, 0.15) is 118 Å². The third kappa shape index (κ3) is 3.44. The molecule has 0 heteroatoms. The SMILES string of the molecule is CC(C)CCC[C@@H](C)[C@@H]1CC[C@H]2[C@@H]3CC[C@H]4CCCC[C@]4(C)[C@H]3CC[C@@]21C. The minimum atomic E-state index is 0.677. The maximum Gasteiger partial charge on any atom is -0.0264 e. The van der Waals surface area contributed by atoms with E-state index in [0.717, 1.165) is 41.4 Å². The molecule has 4 fully saturated rings. The Kier molecular flexibility index (Phi) is 5.77. The molecular formula is C27H48. The maximum atomic E-state index is 2.75. The second-order valence-corrected chi connectivity index (χ2v) is 12.4. The number of rotatable bonds is 5. The van der Waals surface area contributed by atoms with Crippen molar-refractivity contribution in [1.82, 2.24) is 0 Å². The topological polar surface area (TPSA) is 0 Å². The van der Waals surface area contributed by atoms with Crippen molar-refractivity contribution in [1.29, 1.82) is 0 Å². The van der Waals surface area contributed by atoms with Crippen LogP contribution in [0.3, 0.4) is 0 Å². The Morgan fingerprint density at radius 2 is 1.52 bits per heavy atom. The van der Waals surface area contributed by atoms with E-state index in [4.69, 9.17) is 0 Å². The summed E-state index contributed by atoms with van der Waals surface area (Å²) in [6, 6.07) is 0. The first kappa shape index (κ1) is 20.3. The Balaban J connectivity index is 1.46. The van der Waals surface area contributed by atoms with E-state index in [1.165, 1.54) is 32.1 Å². The normalized spacial score (nSPS) is 48.0. The summed E-state index contributed by atoms with van der Waals surface area (Å²) in [6.07, 6.45) is 19.9. The highest BCUT2D eigenvalue weighted by atomic mass is 14.6. The van der Waals surface area contributed by atoms with Crippen LogP contribution in [0.25, 0.3) is 0 Å². The van der Waals surface area contributed by atoms with Gasteiger partial charge in [-0.15, -0.1) is 0 Å². The monoisotopic (exact) mass is 372 g/mol. The third-order valence-corrected chi connectivity index (χ3v) is 10.8. The molecule has 4 aliphatic rings. The molecule has 156 valence electrons. The lowest BCUT2D eigenvalue weighted by atomic mass is 9.44. The summed E-state index contributed by atoms with van der Waals surface area (Å²) in [7, 11) is 0. The van der Waals surface area contributed by atoms with Crippen LogP contribution in [0.2, 0.25) is 0 Å². The Morgan fingerprint density at radius 1 is 0.741 bits per heavy atom. The fourth-order valence-corrected chi connectivity index (χ4v) is 9.32. The van der Waals surface area contributed by atoms with E-state index < -0.39 is 0 Å². The molecule has 0 bridgehead atoms. The van der Waals surface area contributed by atoms with Gasteiger partial charge in [0.1, 0.15) is 0 Å². The van der Waals surface area contributed by atoms with Gasteiger partial charge in [-0.2, -0.15) is 0 Å². The van der Waals surface area contributed by atoms with Gasteiger partial charge in [-0.25, -0.2) is 0 Å². The second-order valence-electron chi connectivity index (χ2n) is 12.4. The third-order valence-electron chi connectivity index (χ3n) is 10.8. The minimum Gasteiger partial charge on any atom is -0.0628 e. The van der Waals surface area contributed by atoms with Gasteiger partial charge in [0.05, 0.1) is 0 Å². The fourth-order valence-electron chi connectivity index (χ4n) is 9.32. The van der Waals surface area contributed by atoms with Gasteiger partial charge >= 0.3 is 0 Å². The fraction of sp³-hybridized carbons (Fsp3) is 1.00. The molecular weight excluding hydrogens is 324 g/mol. The molecule has 4 rings (SSSR count). The van der Waals surface area contributed by atoms with E-state index in [9.17, 15) is 0 Å². The van der Waals surface area contributed by atoms with Crippen LogP contribution < -0.4 is 0 Å². The molecule has 0 aromatic rings. The van der Waals surface area contributed by atoms with Gasteiger partial charge in [0.25, 0.3) is 0 Å². The molecule has 0 aromatic heterocycles. The van der Waals surface area contributed by atoms with Crippen molar-refractivity contribution in [3.8, 4) is 0 Å². The molecule has 0 spiro atoms. The van der Waals surface area contributed by atoms with Gasteiger partial charge in [-0.1, -0.05) is 66.7 Å². The predicted octanol–water partition coefficient (Wildman–Crippen LogP) is 8.50. The van der Waals surface area contributed by atoms with Crippen molar-refractivity contribution in [2.24, 2.45) is 52.3 Å². The summed E-state index contributed by atoms with van der Waals surface area (Å²) in [5, 5.41) is 0. The van der Waals surface area contributed by atoms with Crippen LogP contribution in [-0.4, -0.2) is 0 Å². The Bertz CT molecular complexity index is 506. The smallest absolute Gasteiger partial charge is 0.0264 e. The first-order valence-corrected chi connectivity index (χ1v) is 12.9. The van der Waals surface area contributed by atoms with E-state index in [-0.39, 0.29) is 0 Å². The largest absolute Gasteiger partial charge is 0.0628 e. The summed E-state index contributed by atoms with van der Waals surface area (Å²) in [5.41, 5.74) is 1.39. The van der Waals surface area contributed by atoms with E-state index in [1.54, 1.807) is 51.4 Å². The maximum absolute atomic E-state index is 2.75. The van der Waals surface area contributed by atoms with Crippen molar-refractivity contribution in [3.05, 3.63) is 0 Å². The first-order chi connectivity index (χ1) is 12.9. The first-order valence-electron chi connectivity index (χ1n) is 12.9. The number of hydrogen-bond acceptors (Lipinski definition) is 0. The van der Waals surface area contributed by atoms with Gasteiger partial charge in [-0.05, 0) is 104 Å². The highest BCUT2D eigenvalue weighted by Crippen LogP contribution is 2.68. The number of hydrogen-bond donors (Lipinski definition) is 0. The second kappa shape index (κ2) is 7.68. The van der Waals surface area contributed by atoms with Gasteiger partial charge in [-0.3, -0.25) is 0 Å². The van der Waals surface area contributed by atoms with Crippen molar-refractivity contribution in [2.45, 2.75) is 118 Å². The molecule has 0 heterocycles. The molecule has 0 unspecified atom stereocenters. The zero-order valence-electron chi connectivity index (χ0n) is 19.2. The van der Waals surface area contributed by atoms with Crippen LogP contribution in [0.5, 0.6) is 0 Å². The van der Waals surface area contributed by atoms with Gasteiger partial charge in [0, 0.05) is 0 Å². The lowest BCUT2D eigenvalue weighted by Crippen LogP contribution is -2.53. The summed E-state index contributed by atoms with van der Waals surface area (Å²) in [4.78, 5) is 0. The van der Waals surface area contributed by atoms with Crippen LogP contribution in [0.15, 0.2) is 0 Å². The van der Waals surface area contributed by atoms with E-state index in [2.05, 4.69) is 34.6 Å². The predicted molar refractivity (Wildman–Crippen MR) is 118 cm³/mol. The van der Waals surface area contributed by atoms with Crippen molar-refractivity contribution >= 4 is 0 Å². The molecule has 0 radical (unpaired) electrons. The Morgan fingerprint density at radius 3 is 2.30 bits per heavy atom. The molecule has 0 nitrogen and oxygen atoms in total. The lowest BCUT2D eigenvalue weighted by Gasteiger charge is -2.61. The minimum absolute atomic E-state index is 0.677. The van der Waals surface area contributed by atoms with Crippen LogP contribution in [0, 0.1) is 52.3 Å². The molecule has 0 N–H and O–H groups in total. The standard InChI is InChI=1S/C27H48/c1-19(2)9-8-10-20(3)23-14-15-24-22-13-12-21-11-6-7-17-26(21,4)25(22)16-18-27(23,24)5/h19-25H,6-18H2,1-5H3/t20-,21-,22+,23+,24+,25+,26+,27-/m1/s1. The van der Waals surface area contributed by atoms with Crippen molar-refractivity contribution in [3.63, 3.8) is 0 Å². The van der Waals surface area contributed by atoms with E-state index >= 15 is 0 Å². The summed E-state index contributed by atoms with van der Waals surface area (Å²) < 4.78 is 0. The average molecular weight is 373 g/mol. The Labute approximate surface area is 170 Å². The molecule has 4 aliphatic carbocycles. The van der Waals surface area contributed by atoms with Gasteiger partial charge < -0.3 is 0 Å². The highest BCUT2D eigenvalue weighted by molar-refractivity contribution is 5.09. The zero-order chi connectivity index (χ0) is 19.2. The number of fused-ring (bicyclic) bond motifs is 5. The molecule has 0 saturated heterocycles. The molecule has 0 aromatic carbocycles. The molecule has 0 amide bonds. The molecule has 8 atom stereocenters.